The molecule has 1 unspecified atom stereocenters. The second-order valence-electron chi connectivity index (χ2n) is 8.11. The zero-order valence-corrected chi connectivity index (χ0v) is 20.3. The first-order valence-corrected chi connectivity index (χ1v) is 11.5. The Hall–Kier alpha value is -3.52. The van der Waals surface area contributed by atoms with Crippen LogP contribution in [0.2, 0.25) is 5.02 Å². The third-order valence-corrected chi connectivity index (χ3v) is 5.81. The largest absolute Gasteiger partial charge is 0.459 e. The second-order valence-corrected chi connectivity index (χ2v) is 8.52. The predicted molar refractivity (Wildman–Crippen MR) is 129 cm³/mol. The van der Waals surface area contributed by atoms with Gasteiger partial charge in [0.1, 0.15) is 19.3 Å². The van der Waals surface area contributed by atoms with E-state index < -0.39 is 34.9 Å². The highest BCUT2D eigenvalue weighted by Crippen LogP contribution is 2.35. The molecule has 3 rings (SSSR count). The van der Waals surface area contributed by atoms with Gasteiger partial charge in [0.25, 0.3) is 0 Å². The molecule has 5 nitrogen and oxygen atoms in total. The standard InChI is InChI=1S/C27H25ClF3NO4/c1-32(26(34)36-18-21-10-6-3-7-11-21)24(25(33)35-17-20-8-4-2-5-9-20)15-13-19-12-14-22(23(28)16-19)27(29,30)31/h2-12,14,16,24H,13,15,17-18H2,1H3. The number of benzene rings is 3. The number of carbonyl (C=O) groups excluding carboxylic acids is 2. The molecular formula is C27H25ClF3NO4. The van der Waals surface area contributed by atoms with Crippen molar-refractivity contribution >= 4 is 23.7 Å². The van der Waals surface area contributed by atoms with Crippen LogP contribution in [-0.2, 0) is 40.1 Å². The summed E-state index contributed by atoms with van der Waals surface area (Å²) < 4.78 is 49.8. The highest BCUT2D eigenvalue weighted by molar-refractivity contribution is 6.31. The fraction of sp³-hybridized carbons (Fsp3) is 0.259. The number of halogens is 4. The normalized spacial score (nSPS) is 12.0. The third kappa shape index (κ3) is 7.75. The van der Waals surface area contributed by atoms with Crippen molar-refractivity contribution in [1.29, 1.82) is 0 Å². The molecule has 0 aliphatic carbocycles. The number of ether oxygens (including phenoxy) is 2. The second kappa shape index (κ2) is 12.4. The molecule has 3 aromatic carbocycles. The zero-order valence-electron chi connectivity index (χ0n) is 19.5. The van der Waals surface area contributed by atoms with Crippen LogP contribution in [0.4, 0.5) is 18.0 Å². The number of amides is 1. The molecule has 0 aliphatic rings. The van der Waals surface area contributed by atoms with Crippen LogP contribution in [0.5, 0.6) is 0 Å². The van der Waals surface area contributed by atoms with Crippen molar-refractivity contribution in [2.75, 3.05) is 7.05 Å². The van der Waals surface area contributed by atoms with Crippen molar-refractivity contribution in [2.45, 2.75) is 38.3 Å². The maximum Gasteiger partial charge on any atom is 0.417 e. The first kappa shape index (κ1) is 27.1. The van der Waals surface area contributed by atoms with Gasteiger partial charge < -0.3 is 9.47 Å². The summed E-state index contributed by atoms with van der Waals surface area (Å²) in [5, 5.41) is -0.432. The summed E-state index contributed by atoms with van der Waals surface area (Å²) >= 11 is 5.83. The lowest BCUT2D eigenvalue weighted by Crippen LogP contribution is -2.43. The first-order chi connectivity index (χ1) is 17.1. The number of likely N-dealkylation sites (N-methyl/N-ethyl adjacent to an activating group) is 1. The Bertz CT molecular complexity index is 1160. The van der Waals surface area contributed by atoms with Crippen LogP contribution >= 0.6 is 11.6 Å². The minimum absolute atomic E-state index is 0.00911. The van der Waals surface area contributed by atoms with Gasteiger partial charge in [0.2, 0.25) is 0 Å². The fourth-order valence-corrected chi connectivity index (χ4v) is 3.80. The van der Waals surface area contributed by atoms with E-state index in [0.29, 0.717) is 5.56 Å². The number of hydrogen-bond donors (Lipinski definition) is 0. The lowest BCUT2D eigenvalue weighted by molar-refractivity contribution is -0.150. The van der Waals surface area contributed by atoms with Gasteiger partial charge in [-0.2, -0.15) is 13.2 Å². The summed E-state index contributed by atoms with van der Waals surface area (Å²) in [6.45, 7) is 0.0273. The van der Waals surface area contributed by atoms with Crippen molar-refractivity contribution in [3.05, 3.63) is 106 Å². The molecule has 0 spiro atoms. The summed E-state index contributed by atoms with van der Waals surface area (Å²) in [7, 11) is 1.42. The number of alkyl halides is 3. The van der Waals surface area contributed by atoms with Crippen LogP contribution < -0.4 is 0 Å². The van der Waals surface area contributed by atoms with Crippen LogP contribution in [0, 0.1) is 0 Å². The molecule has 0 radical (unpaired) electrons. The van der Waals surface area contributed by atoms with Gasteiger partial charge in [-0.1, -0.05) is 78.3 Å². The summed E-state index contributed by atoms with van der Waals surface area (Å²) in [5.41, 5.74) is 1.10. The van der Waals surface area contributed by atoms with E-state index in [4.69, 9.17) is 21.1 Å². The van der Waals surface area contributed by atoms with Crippen molar-refractivity contribution < 1.29 is 32.2 Å². The summed E-state index contributed by atoms with van der Waals surface area (Å²) in [4.78, 5) is 26.8. The molecule has 190 valence electrons. The molecule has 0 heterocycles. The number of rotatable bonds is 9. The molecule has 0 aliphatic heterocycles. The molecule has 1 amide bonds. The van der Waals surface area contributed by atoms with Gasteiger partial charge in [-0.3, -0.25) is 4.90 Å². The molecule has 1 atom stereocenters. The minimum atomic E-state index is -4.57. The van der Waals surface area contributed by atoms with Crippen molar-refractivity contribution in [3.63, 3.8) is 0 Å². The Morgan fingerprint density at radius 2 is 1.42 bits per heavy atom. The van der Waals surface area contributed by atoms with Crippen LogP contribution in [0.3, 0.4) is 0 Å². The van der Waals surface area contributed by atoms with E-state index in [9.17, 15) is 22.8 Å². The molecule has 9 heteroatoms. The van der Waals surface area contributed by atoms with Crippen LogP contribution in [-0.4, -0.2) is 30.1 Å². The maximum atomic E-state index is 13.0. The van der Waals surface area contributed by atoms with E-state index in [1.165, 1.54) is 19.2 Å². The van der Waals surface area contributed by atoms with Gasteiger partial charge in [-0.05, 0) is 41.7 Å². The van der Waals surface area contributed by atoms with Crippen molar-refractivity contribution in [3.8, 4) is 0 Å². The predicted octanol–water partition coefficient (Wildman–Crippen LogP) is 6.67. The Kier molecular flexibility index (Phi) is 9.36. The Balaban J connectivity index is 1.70. The van der Waals surface area contributed by atoms with Crippen LogP contribution in [0.25, 0.3) is 0 Å². The van der Waals surface area contributed by atoms with Gasteiger partial charge in [0.15, 0.2) is 0 Å². The van der Waals surface area contributed by atoms with Gasteiger partial charge in [0.05, 0.1) is 10.6 Å². The fourth-order valence-electron chi connectivity index (χ4n) is 3.49. The topological polar surface area (TPSA) is 55.8 Å². The van der Waals surface area contributed by atoms with E-state index in [2.05, 4.69) is 0 Å². The third-order valence-electron chi connectivity index (χ3n) is 5.50. The van der Waals surface area contributed by atoms with E-state index >= 15 is 0 Å². The molecule has 3 aromatic rings. The van der Waals surface area contributed by atoms with Gasteiger partial charge >= 0.3 is 18.2 Å². The van der Waals surface area contributed by atoms with E-state index in [1.807, 2.05) is 36.4 Å². The smallest absolute Gasteiger partial charge is 0.417 e. The summed E-state index contributed by atoms with van der Waals surface area (Å²) in [5.74, 6) is -0.656. The Morgan fingerprint density at radius 1 is 0.861 bits per heavy atom. The van der Waals surface area contributed by atoms with E-state index in [1.54, 1.807) is 24.3 Å². The molecular weight excluding hydrogens is 495 g/mol. The number of esters is 1. The highest BCUT2D eigenvalue weighted by Gasteiger charge is 2.33. The number of nitrogens with zero attached hydrogens (tertiary/aromatic N) is 1. The van der Waals surface area contributed by atoms with Gasteiger partial charge in [-0.15, -0.1) is 0 Å². The van der Waals surface area contributed by atoms with Gasteiger partial charge in [-0.25, -0.2) is 9.59 Å². The van der Waals surface area contributed by atoms with E-state index in [-0.39, 0.29) is 26.1 Å². The summed E-state index contributed by atoms with van der Waals surface area (Å²) in [6.07, 6.45) is -5.03. The zero-order chi connectivity index (χ0) is 26.1. The van der Waals surface area contributed by atoms with Crippen molar-refractivity contribution in [2.24, 2.45) is 0 Å². The minimum Gasteiger partial charge on any atom is -0.459 e. The molecule has 0 aromatic heterocycles. The molecule has 0 saturated carbocycles. The lowest BCUT2D eigenvalue weighted by atomic mass is 10.0. The van der Waals surface area contributed by atoms with E-state index in [0.717, 1.165) is 22.1 Å². The molecule has 0 fully saturated rings. The molecule has 0 saturated heterocycles. The maximum absolute atomic E-state index is 13.0. The van der Waals surface area contributed by atoms with Gasteiger partial charge in [0, 0.05) is 7.05 Å². The Labute approximate surface area is 212 Å². The number of aryl methyl sites for hydroxylation is 1. The van der Waals surface area contributed by atoms with Crippen LogP contribution in [0.15, 0.2) is 78.9 Å². The lowest BCUT2D eigenvalue weighted by Gasteiger charge is -2.26. The Morgan fingerprint density at radius 3 is 1.94 bits per heavy atom. The van der Waals surface area contributed by atoms with Crippen molar-refractivity contribution in [1.82, 2.24) is 4.90 Å². The monoisotopic (exact) mass is 519 g/mol. The quantitative estimate of drug-likeness (QED) is 0.296. The average molecular weight is 520 g/mol. The average Bonchev–Trinajstić information content (AvgIpc) is 2.86. The molecule has 0 bridgehead atoms. The SMILES string of the molecule is CN(C(=O)OCc1ccccc1)C(CCc1ccc(C(F)(F)F)c(Cl)c1)C(=O)OCc1ccccc1. The summed E-state index contributed by atoms with van der Waals surface area (Å²) in [6, 6.07) is 20.5. The number of hydrogen-bond acceptors (Lipinski definition) is 4. The molecule has 0 N–H and O–H groups in total. The first-order valence-electron chi connectivity index (χ1n) is 11.1. The number of carbonyl (C=O) groups is 2. The van der Waals surface area contributed by atoms with Crippen LogP contribution in [0.1, 0.15) is 28.7 Å². The highest BCUT2D eigenvalue weighted by atomic mass is 35.5. The molecule has 36 heavy (non-hydrogen) atoms.